The maximum atomic E-state index is 6.29. The Kier molecular flexibility index (Phi) is 5.30. The van der Waals surface area contributed by atoms with Gasteiger partial charge in [0.15, 0.2) is 0 Å². The third-order valence-corrected chi connectivity index (χ3v) is 5.59. The van der Waals surface area contributed by atoms with Crippen molar-refractivity contribution in [1.82, 2.24) is 4.90 Å². The molecule has 2 N–H and O–H groups in total. The highest BCUT2D eigenvalue weighted by molar-refractivity contribution is 5.04. The molecular formula is C17H34N2. The summed E-state index contributed by atoms with van der Waals surface area (Å²) in [6.07, 6.45) is 11.1. The Morgan fingerprint density at radius 2 is 1.79 bits per heavy atom. The lowest BCUT2D eigenvalue weighted by atomic mass is 9.85. The second kappa shape index (κ2) is 6.58. The monoisotopic (exact) mass is 266 g/mol. The average molecular weight is 266 g/mol. The summed E-state index contributed by atoms with van der Waals surface area (Å²) in [5.41, 5.74) is 6.62. The molecule has 0 spiro atoms. The van der Waals surface area contributed by atoms with Gasteiger partial charge in [0.1, 0.15) is 0 Å². The molecule has 0 aromatic rings. The van der Waals surface area contributed by atoms with Crippen LogP contribution in [0.4, 0.5) is 0 Å². The smallest absolute Gasteiger partial charge is 0.0360 e. The van der Waals surface area contributed by atoms with Crippen LogP contribution in [0.25, 0.3) is 0 Å². The Morgan fingerprint density at radius 3 is 2.21 bits per heavy atom. The van der Waals surface area contributed by atoms with Gasteiger partial charge < -0.3 is 5.73 Å². The summed E-state index contributed by atoms with van der Waals surface area (Å²) in [4.78, 5) is 2.87. The minimum Gasteiger partial charge on any atom is -0.329 e. The zero-order valence-corrected chi connectivity index (χ0v) is 13.3. The minimum atomic E-state index is 0.323. The molecular weight excluding hydrogens is 232 g/mol. The van der Waals surface area contributed by atoms with E-state index in [4.69, 9.17) is 5.73 Å². The van der Waals surface area contributed by atoms with Crippen molar-refractivity contribution in [3.05, 3.63) is 0 Å². The lowest BCUT2D eigenvalue weighted by Gasteiger charge is -2.47. The molecule has 1 atom stereocenters. The van der Waals surface area contributed by atoms with Gasteiger partial charge in [-0.25, -0.2) is 0 Å². The van der Waals surface area contributed by atoms with Crippen molar-refractivity contribution < 1.29 is 0 Å². The lowest BCUT2D eigenvalue weighted by molar-refractivity contribution is 0.0240. The van der Waals surface area contributed by atoms with E-state index in [2.05, 4.69) is 25.7 Å². The van der Waals surface area contributed by atoms with Gasteiger partial charge in [0, 0.05) is 18.1 Å². The Balaban J connectivity index is 2.12. The van der Waals surface area contributed by atoms with Crippen LogP contribution in [0.15, 0.2) is 0 Å². The van der Waals surface area contributed by atoms with E-state index in [0.717, 1.165) is 24.4 Å². The van der Waals surface area contributed by atoms with Crippen LogP contribution < -0.4 is 5.73 Å². The predicted octanol–water partition coefficient (Wildman–Crippen LogP) is 3.79. The van der Waals surface area contributed by atoms with Crippen LogP contribution in [0.1, 0.15) is 72.1 Å². The molecule has 0 saturated heterocycles. The Labute approximate surface area is 120 Å². The van der Waals surface area contributed by atoms with Crippen LogP contribution in [0.5, 0.6) is 0 Å². The molecule has 0 radical (unpaired) electrons. The number of hydrogen-bond acceptors (Lipinski definition) is 2. The molecule has 2 aliphatic rings. The summed E-state index contributed by atoms with van der Waals surface area (Å²) >= 11 is 0. The van der Waals surface area contributed by atoms with Gasteiger partial charge >= 0.3 is 0 Å². The summed E-state index contributed by atoms with van der Waals surface area (Å²) in [5.74, 6) is 1.69. The first kappa shape index (κ1) is 15.3. The molecule has 1 unspecified atom stereocenters. The number of nitrogens with two attached hydrogens (primary N) is 1. The first-order valence-corrected chi connectivity index (χ1v) is 8.61. The standard InChI is InChI=1S/C17H34N2/c1-4-17(13-18,15-9-10-15)19(12-11-14(2)3)16-7-5-6-8-16/h14-16H,4-13,18H2,1-3H3. The molecule has 0 heterocycles. The molecule has 0 aromatic heterocycles. The molecule has 0 aromatic carbocycles. The molecule has 0 bridgehead atoms. The molecule has 2 saturated carbocycles. The molecule has 2 fully saturated rings. The third-order valence-electron chi connectivity index (χ3n) is 5.59. The maximum Gasteiger partial charge on any atom is 0.0360 e. The molecule has 0 amide bonds. The van der Waals surface area contributed by atoms with Crippen molar-refractivity contribution >= 4 is 0 Å². The summed E-state index contributed by atoms with van der Waals surface area (Å²) in [6, 6.07) is 0.822. The van der Waals surface area contributed by atoms with Gasteiger partial charge in [0.05, 0.1) is 0 Å². The van der Waals surface area contributed by atoms with E-state index in [9.17, 15) is 0 Å². The van der Waals surface area contributed by atoms with Crippen LogP contribution in [0.2, 0.25) is 0 Å². The van der Waals surface area contributed by atoms with Gasteiger partial charge in [-0.15, -0.1) is 0 Å². The quantitative estimate of drug-likeness (QED) is 0.724. The SMILES string of the molecule is CCC(CN)(C1CC1)N(CCC(C)C)C1CCCC1. The fraction of sp³-hybridized carbons (Fsp3) is 1.00. The van der Waals surface area contributed by atoms with Crippen molar-refractivity contribution in [3.8, 4) is 0 Å². The maximum absolute atomic E-state index is 6.29. The molecule has 2 heteroatoms. The fourth-order valence-corrected chi connectivity index (χ4v) is 4.16. The van der Waals surface area contributed by atoms with Crippen molar-refractivity contribution in [2.24, 2.45) is 17.6 Å². The van der Waals surface area contributed by atoms with Crippen LogP contribution in [-0.4, -0.2) is 29.6 Å². The summed E-state index contributed by atoms with van der Waals surface area (Å²) in [5, 5.41) is 0. The fourth-order valence-electron chi connectivity index (χ4n) is 4.16. The number of hydrogen-bond donors (Lipinski definition) is 1. The van der Waals surface area contributed by atoms with Gasteiger partial charge in [0.2, 0.25) is 0 Å². The van der Waals surface area contributed by atoms with E-state index in [1.54, 1.807) is 0 Å². The Bertz CT molecular complexity index is 260. The molecule has 112 valence electrons. The van der Waals surface area contributed by atoms with E-state index in [-0.39, 0.29) is 0 Å². The van der Waals surface area contributed by atoms with Crippen molar-refractivity contribution in [1.29, 1.82) is 0 Å². The number of nitrogens with zero attached hydrogens (tertiary/aromatic N) is 1. The first-order chi connectivity index (χ1) is 9.14. The van der Waals surface area contributed by atoms with Crippen LogP contribution >= 0.6 is 0 Å². The van der Waals surface area contributed by atoms with E-state index in [1.807, 2.05) is 0 Å². The van der Waals surface area contributed by atoms with E-state index in [0.29, 0.717) is 5.54 Å². The molecule has 0 aliphatic heterocycles. The largest absolute Gasteiger partial charge is 0.329 e. The van der Waals surface area contributed by atoms with E-state index in [1.165, 1.54) is 57.9 Å². The highest BCUT2D eigenvalue weighted by Gasteiger charge is 2.48. The second-order valence-electron chi connectivity index (χ2n) is 7.25. The first-order valence-electron chi connectivity index (χ1n) is 8.61. The van der Waals surface area contributed by atoms with Crippen molar-refractivity contribution in [3.63, 3.8) is 0 Å². The third kappa shape index (κ3) is 3.33. The van der Waals surface area contributed by atoms with E-state index >= 15 is 0 Å². The van der Waals surface area contributed by atoms with Gasteiger partial charge in [-0.3, -0.25) is 4.90 Å². The van der Waals surface area contributed by atoms with Gasteiger partial charge in [-0.1, -0.05) is 33.6 Å². The van der Waals surface area contributed by atoms with Crippen LogP contribution in [0.3, 0.4) is 0 Å². The van der Waals surface area contributed by atoms with E-state index < -0.39 is 0 Å². The molecule has 2 nitrogen and oxygen atoms in total. The van der Waals surface area contributed by atoms with Crippen LogP contribution in [0, 0.1) is 11.8 Å². The van der Waals surface area contributed by atoms with Crippen molar-refractivity contribution in [2.45, 2.75) is 83.7 Å². The number of rotatable bonds is 8. The Morgan fingerprint density at radius 1 is 1.16 bits per heavy atom. The summed E-state index contributed by atoms with van der Waals surface area (Å²) in [6.45, 7) is 9.19. The lowest BCUT2D eigenvalue weighted by Crippen LogP contribution is -2.59. The summed E-state index contributed by atoms with van der Waals surface area (Å²) in [7, 11) is 0. The topological polar surface area (TPSA) is 29.3 Å². The highest BCUT2D eigenvalue weighted by Crippen LogP contribution is 2.47. The van der Waals surface area contributed by atoms with Gasteiger partial charge in [0.25, 0.3) is 0 Å². The minimum absolute atomic E-state index is 0.323. The molecule has 19 heavy (non-hydrogen) atoms. The second-order valence-corrected chi connectivity index (χ2v) is 7.25. The highest BCUT2D eigenvalue weighted by atomic mass is 15.2. The van der Waals surface area contributed by atoms with Gasteiger partial charge in [-0.2, -0.15) is 0 Å². The predicted molar refractivity (Wildman–Crippen MR) is 83.2 cm³/mol. The average Bonchev–Trinajstić information content (AvgIpc) is 3.11. The molecule has 2 rings (SSSR count). The van der Waals surface area contributed by atoms with Gasteiger partial charge in [-0.05, 0) is 56.9 Å². The Hall–Kier alpha value is -0.0800. The summed E-state index contributed by atoms with van der Waals surface area (Å²) < 4.78 is 0. The van der Waals surface area contributed by atoms with Crippen molar-refractivity contribution in [2.75, 3.05) is 13.1 Å². The van der Waals surface area contributed by atoms with Crippen LogP contribution in [-0.2, 0) is 0 Å². The zero-order valence-electron chi connectivity index (χ0n) is 13.3. The zero-order chi connectivity index (χ0) is 13.9. The molecule has 2 aliphatic carbocycles. The normalized spacial score (nSPS) is 24.3.